The number of hydrogen-bond donors (Lipinski definition) is 1. The molecular weight excluding hydrogens is 304 g/mol. The normalized spacial score (nSPS) is 27.0. The van der Waals surface area contributed by atoms with Gasteiger partial charge in [0, 0.05) is 7.11 Å². The van der Waals surface area contributed by atoms with Gasteiger partial charge in [0.15, 0.2) is 11.4 Å². The molecule has 0 radical (unpaired) electrons. The molecule has 4 heteroatoms. The molecule has 0 aromatic heterocycles. The zero-order valence-electron chi connectivity index (χ0n) is 14.9. The number of rotatable bonds is 3. The molecule has 1 spiro atoms. The molecule has 0 atom stereocenters. The van der Waals surface area contributed by atoms with Crippen molar-refractivity contribution in [2.75, 3.05) is 7.11 Å². The van der Waals surface area contributed by atoms with E-state index in [0.717, 1.165) is 41.5 Å². The molecule has 0 amide bonds. The number of carbonyl (C=O) groups excluding carboxylic acids is 1. The molecular formula is C20H26O4. The van der Waals surface area contributed by atoms with Crippen molar-refractivity contribution in [2.24, 2.45) is 0 Å². The number of carbonyl (C=O) groups is 1. The van der Waals surface area contributed by atoms with Crippen molar-refractivity contribution < 1.29 is 19.4 Å². The zero-order valence-corrected chi connectivity index (χ0v) is 14.9. The van der Waals surface area contributed by atoms with Crippen molar-refractivity contribution in [1.29, 1.82) is 0 Å². The molecule has 3 rings (SSSR count). The van der Waals surface area contributed by atoms with Crippen LogP contribution in [0.2, 0.25) is 0 Å². The van der Waals surface area contributed by atoms with E-state index in [0.29, 0.717) is 18.4 Å². The molecule has 1 fully saturated rings. The highest BCUT2D eigenvalue weighted by molar-refractivity contribution is 6.20. The predicted octanol–water partition coefficient (Wildman–Crippen LogP) is 4.02. The molecule has 1 aromatic carbocycles. The lowest BCUT2D eigenvalue weighted by Crippen LogP contribution is -2.38. The Hall–Kier alpha value is -1.81. The van der Waals surface area contributed by atoms with Gasteiger partial charge in [0.1, 0.15) is 5.57 Å². The number of aryl methyl sites for hydroxylation is 3. The Morgan fingerprint density at radius 1 is 1.29 bits per heavy atom. The van der Waals surface area contributed by atoms with Gasteiger partial charge < -0.3 is 14.6 Å². The highest BCUT2D eigenvalue weighted by Gasteiger charge is 2.50. The summed E-state index contributed by atoms with van der Waals surface area (Å²) in [4.78, 5) is 12.6. The van der Waals surface area contributed by atoms with Gasteiger partial charge in [-0.25, -0.2) is 4.79 Å². The Bertz CT molecular complexity index is 694. The van der Waals surface area contributed by atoms with Crippen LogP contribution in [0.25, 0.3) is 5.57 Å². The quantitative estimate of drug-likeness (QED) is 0.851. The third-order valence-electron chi connectivity index (χ3n) is 5.43. The third kappa shape index (κ3) is 2.63. The summed E-state index contributed by atoms with van der Waals surface area (Å²) in [7, 11) is 1.70. The summed E-state index contributed by atoms with van der Waals surface area (Å²) in [6.07, 6.45) is 3.78. The second-order valence-corrected chi connectivity index (χ2v) is 7.01. The van der Waals surface area contributed by atoms with Crippen molar-refractivity contribution in [3.05, 3.63) is 40.1 Å². The van der Waals surface area contributed by atoms with Crippen molar-refractivity contribution in [3.8, 4) is 0 Å². The van der Waals surface area contributed by atoms with Crippen LogP contribution in [-0.4, -0.2) is 29.9 Å². The average molecular weight is 330 g/mol. The van der Waals surface area contributed by atoms with Gasteiger partial charge in [-0.05, 0) is 62.6 Å². The first kappa shape index (κ1) is 17.0. The maximum atomic E-state index is 12.6. The standard InChI is InChI=1S/C20H26O4/c1-5-14-11-12(2)10-13(3)16(14)17-18(21)20(24-19(17)22)8-6-15(23-4)7-9-20/h10-11,15,21H,5-9H2,1-4H3. The Kier molecular flexibility index (Phi) is 4.43. The fourth-order valence-electron chi connectivity index (χ4n) is 4.15. The molecule has 1 aromatic rings. The first-order chi connectivity index (χ1) is 11.4. The van der Waals surface area contributed by atoms with Crippen LogP contribution in [0, 0.1) is 13.8 Å². The molecule has 0 bridgehead atoms. The molecule has 24 heavy (non-hydrogen) atoms. The number of aliphatic hydroxyl groups excluding tert-OH is 1. The minimum Gasteiger partial charge on any atom is -0.507 e. The maximum Gasteiger partial charge on any atom is 0.343 e. The van der Waals surface area contributed by atoms with E-state index >= 15 is 0 Å². The summed E-state index contributed by atoms with van der Waals surface area (Å²) in [6, 6.07) is 4.14. The molecule has 4 nitrogen and oxygen atoms in total. The maximum absolute atomic E-state index is 12.6. The molecule has 1 aliphatic carbocycles. The molecule has 1 aliphatic heterocycles. The van der Waals surface area contributed by atoms with E-state index in [4.69, 9.17) is 9.47 Å². The predicted molar refractivity (Wildman–Crippen MR) is 92.9 cm³/mol. The number of ether oxygens (including phenoxy) is 2. The molecule has 1 N–H and O–H groups in total. The summed E-state index contributed by atoms with van der Waals surface area (Å²) in [5.74, 6) is -0.284. The van der Waals surface area contributed by atoms with Crippen LogP contribution in [0.4, 0.5) is 0 Å². The number of aliphatic hydroxyl groups is 1. The second-order valence-electron chi connectivity index (χ2n) is 7.01. The SMILES string of the molecule is CCc1cc(C)cc(C)c1C1=C(O)C2(CCC(OC)CC2)OC1=O. The Balaban J connectivity index is 2.07. The van der Waals surface area contributed by atoms with Crippen LogP contribution in [0.5, 0.6) is 0 Å². The van der Waals surface area contributed by atoms with Gasteiger partial charge in [-0.3, -0.25) is 0 Å². The van der Waals surface area contributed by atoms with Crippen LogP contribution >= 0.6 is 0 Å². The molecule has 0 saturated heterocycles. The molecule has 1 heterocycles. The minimum absolute atomic E-state index is 0.115. The summed E-state index contributed by atoms with van der Waals surface area (Å²) >= 11 is 0. The summed E-state index contributed by atoms with van der Waals surface area (Å²) in [6.45, 7) is 6.10. The first-order valence-electron chi connectivity index (χ1n) is 8.72. The van der Waals surface area contributed by atoms with E-state index in [1.165, 1.54) is 0 Å². The minimum atomic E-state index is -0.857. The van der Waals surface area contributed by atoms with Gasteiger partial charge in [0.2, 0.25) is 0 Å². The monoisotopic (exact) mass is 330 g/mol. The van der Waals surface area contributed by atoms with Crippen molar-refractivity contribution in [1.82, 2.24) is 0 Å². The molecule has 1 saturated carbocycles. The van der Waals surface area contributed by atoms with Crippen LogP contribution in [0.1, 0.15) is 54.9 Å². The lowest BCUT2D eigenvalue weighted by atomic mass is 9.80. The van der Waals surface area contributed by atoms with E-state index in [1.807, 2.05) is 13.8 Å². The Morgan fingerprint density at radius 3 is 2.54 bits per heavy atom. The third-order valence-corrected chi connectivity index (χ3v) is 5.43. The van der Waals surface area contributed by atoms with Crippen molar-refractivity contribution in [3.63, 3.8) is 0 Å². The summed E-state index contributed by atoms with van der Waals surface area (Å²) in [5.41, 5.74) is 3.59. The van der Waals surface area contributed by atoms with Gasteiger partial charge in [-0.1, -0.05) is 24.6 Å². The van der Waals surface area contributed by atoms with Gasteiger partial charge in [0.25, 0.3) is 0 Å². The lowest BCUT2D eigenvalue weighted by molar-refractivity contribution is -0.151. The van der Waals surface area contributed by atoms with Crippen molar-refractivity contribution >= 4 is 11.5 Å². The smallest absolute Gasteiger partial charge is 0.343 e. The highest BCUT2D eigenvalue weighted by Crippen LogP contribution is 2.46. The van der Waals surface area contributed by atoms with E-state index in [-0.39, 0.29) is 11.9 Å². The van der Waals surface area contributed by atoms with E-state index in [2.05, 4.69) is 19.1 Å². The molecule has 0 unspecified atom stereocenters. The van der Waals surface area contributed by atoms with Gasteiger partial charge in [0.05, 0.1) is 6.10 Å². The summed E-state index contributed by atoms with van der Waals surface area (Å²) in [5, 5.41) is 11.0. The van der Waals surface area contributed by atoms with Crippen LogP contribution in [0.3, 0.4) is 0 Å². The lowest BCUT2D eigenvalue weighted by Gasteiger charge is -2.35. The topological polar surface area (TPSA) is 55.8 Å². The zero-order chi connectivity index (χ0) is 17.5. The fraction of sp³-hybridized carbons (Fsp3) is 0.550. The van der Waals surface area contributed by atoms with E-state index in [9.17, 15) is 9.90 Å². The van der Waals surface area contributed by atoms with Gasteiger partial charge in [-0.15, -0.1) is 0 Å². The Morgan fingerprint density at radius 2 is 1.96 bits per heavy atom. The second kappa shape index (κ2) is 6.25. The van der Waals surface area contributed by atoms with Gasteiger partial charge >= 0.3 is 5.97 Å². The van der Waals surface area contributed by atoms with Crippen LogP contribution in [-0.2, 0) is 20.7 Å². The number of hydrogen-bond acceptors (Lipinski definition) is 4. The highest BCUT2D eigenvalue weighted by atomic mass is 16.6. The van der Waals surface area contributed by atoms with E-state index in [1.54, 1.807) is 7.11 Å². The van der Waals surface area contributed by atoms with Crippen LogP contribution < -0.4 is 0 Å². The molecule has 130 valence electrons. The fourth-order valence-corrected chi connectivity index (χ4v) is 4.15. The molecule has 2 aliphatic rings. The van der Waals surface area contributed by atoms with Gasteiger partial charge in [-0.2, -0.15) is 0 Å². The number of benzene rings is 1. The van der Waals surface area contributed by atoms with Crippen LogP contribution in [0.15, 0.2) is 17.9 Å². The largest absolute Gasteiger partial charge is 0.507 e. The first-order valence-corrected chi connectivity index (χ1v) is 8.72. The average Bonchev–Trinajstić information content (AvgIpc) is 2.79. The number of esters is 1. The summed E-state index contributed by atoms with van der Waals surface area (Å²) < 4.78 is 11.1. The number of methoxy groups -OCH3 is 1. The van der Waals surface area contributed by atoms with Crippen molar-refractivity contribution in [2.45, 2.75) is 64.6 Å². The van der Waals surface area contributed by atoms with E-state index < -0.39 is 11.6 Å². The Labute approximate surface area is 143 Å².